The van der Waals surface area contributed by atoms with Gasteiger partial charge < -0.3 is 19.9 Å². The van der Waals surface area contributed by atoms with E-state index in [0.717, 1.165) is 51.6 Å². The maximum atomic E-state index is 13.6. The van der Waals surface area contributed by atoms with Crippen LogP contribution in [0.3, 0.4) is 0 Å². The average molecular weight is 487 g/mol. The first-order valence-electron chi connectivity index (χ1n) is 13.4. The average Bonchev–Trinajstić information content (AvgIpc) is 3.40. The number of likely N-dealkylation sites (tertiary alicyclic amines) is 1. The molecule has 2 N–H and O–H groups in total. The third kappa shape index (κ3) is 5.40. The van der Waals surface area contributed by atoms with Crippen molar-refractivity contribution in [2.75, 3.05) is 13.1 Å². The van der Waals surface area contributed by atoms with Gasteiger partial charge in [-0.3, -0.25) is 4.79 Å². The zero-order valence-corrected chi connectivity index (χ0v) is 21.4. The number of aliphatic hydroxyl groups is 1. The number of carbonyl (C=O) groups excluding carboxylic acids is 1. The molecule has 1 aliphatic heterocycles. The van der Waals surface area contributed by atoms with Gasteiger partial charge in [0.15, 0.2) is 0 Å². The van der Waals surface area contributed by atoms with Crippen molar-refractivity contribution in [2.24, 2.45) is 0 Å². The van der Waals surface area contributed by atoms with E-state index in [1.54, 1.807) is 12.5 Å². The minimum atomic E-state index is -0.126. The van der Waals surface area contributed by atoms with Crippen LogP contribution in [-0.4, -0.2) is 56.7 Å². The first kappa shape index (κ1) is 24.7. The van der Waals surface area contributed by atoms with Crippen molar-refractivity contribution in [3.8, 4) is 11.1 Å². The third-order valence-electron chi connectivity index (χ3n) is 8.03. The highest BCUT2D eigenvalue weighted by Gasteiger charge is 2.29. The molecule has 1 aliphatic carbocycles. The topological polar surface area (TPSA) is 70.4 Å². The number of nitrogens with one attached hydrogen (secondary N) is 1. The van der Waals surface area contributed by atoms with Crippen LogP contribution in [0.1, 0.15) is 73.1 Å². The molecule has 36 heavy (non-hydrogen) atoms. The first-order chi connectivity index (χ1) is 17.5. The van der Waals surface area contributed by atoms with Gasteiger partial charge in [0, 0.05) is 25.2 Å². The van der Waals surface area contributed by atoms with Crippen molar-refractivity contribution in [2.45, 2.75) is 76.6 Å². The van der Waals surface area contributed by atoms with Crippen molar-refractivity contribution in [1.29, 1.82) is 0 Å². The fourth-order valence-electron chi connectivity index (χ4n) is 5.77. The van der Waals surface area contributed by atoms with Crippen molar-refractivity contribution in [3.05, 3.63) is 77.9 Å². The number of aryl methyl sites for hydroxylation is 1. The second-order valence-electron chi connectivity index (χ2n) is 10.6. The second-order valence-corrected chi connectivity index (χ2v) is 10.6. The first-order valence-corrected chi connectivity index (χ1v) is 13.4. The predicted molar refractivity (Wildman–Crippen MR) is 143 cm³/mol. The Balaban J connectivity index is 1.26. The summed E-state index contributed by atoms with van der Waals surface area (Å²) in [5.41, 5.74) is 5.42. The lowest BCUT2D eigenvalue weighted by molar-refractivity contribution is 0.0677. The summed E-state index contributed by atoms with van der Waals surface area (Å²) < 4.78 is 2.02. The van der Waals surface area contributed by atoms with Gasteiger partial charge in [0.05, 0.1) is 24.7 Å². The maximum Gasteiger partial charge on any atom is 0.272 e. The molecule has 1 aromatic heterocycles. The van der Waals surface area contributed by atoms with Crippen molar-refractivity contribution < 1.29 is 9.90 Å². The summed E-state index contributed by atoms with van der Waals surface area (Å²) in [4.78, 5) is 19.9. The monoisotopic (exact) mass is 486 g/mol. The molecule has 1 saturated carbocycles. The smallest absolute Gasteiger partial charge is 0.272 e. The van der Waals surface area contributed by atoms with Crippen LogP contribution in [-0.2, 0) is 0 Å². The van der Waals surface area contributed by atoms with E-state index in [9.17, 15) is 9.90 Å². The number of imidazole rings is 1. The van der Waals surface area contributed by atoms with E-state index in [2.05, 4.69) is 72.7 Å². The lowest BCUT2D eigenvalue weighted by atomic mass is 9.91. The summed E-state index contributed by atoms with van der Waals surface area (Å²) in [5, 5.41) is 13.5. The van der Waals surface area contributed by atoms with E-state index in [0.29, 0.717) is 17.8 Å². The molecule has 0 bridgehead atoms. The molecular formula is C30H38N4O2. The second kappa shape index (κ2) is 11.0. The number of aromatic nitrogens is 2. The van der Waals surface area contributed by atoms with Crippen LogP contribution in [0.5, 0.6) is 0 Å². The van der Waals surface area contributed by atoms with Crippen LogP contribution in [0.25, 0.3) is 11.1 Å². The number of nitrogens with zero attached hydrogens (tertiary/aromatic N) is 3. The minimum Gasteiger partial charge on any atom is -0.393 e. The SMILES string of the molecule is Cc1ccc(-c2ccccc2[C@H](C)n2cncc2C(=O)N2CCC(NC3CCC(O)CC3)CC2)cc1. The molecule has 1 atom stereocenters. The molecular weight excluding hydrogens is 448 g/mol. The number of hydrogen-bond donors (Lipinski definition) is 2. The van der Waals surface area contributed by atoms with E-state index in [1.807, 2.05) is 9.47 Å². The molecule has 2 aromatic carbocycles. The summed E-state index contributed by atoms with van der Waals surface area (Å²) in [5.74, 6) is 0.0615. The highest BCUT2D eigenvalue weighted by Crippen LogP contribution is 2.31. The van der Waals surface area contributed by atoms with Crippen LogP contribution in [0, 0.1) is 6.92 Å². The Morgan fingerprint density at radius 1 is 0.972 bits per heavy atom. The molecule has 2 heterocycles. The number of piperidine rings is 1. The number of hydrogen-bond acceptors (Lipinski definition) is 4. The van der Waals surface area contributed by atoms with Crippen LogP contribution < -0.4 is 5.32 Å². The highest BCUT2D eigenvalue weighted by molar-refractivity contribution is 5.92. The number of aliphatic hydroxyl groups excluding tert-OH is 1. The fourth-order valence-corrected chi connectivity index (χ4v) is 5.77. The van der Waals surface area contributed by atoms with Gasteiger partial charge in [-0.2, -0.15) is 0 Å². The minimum absolute atomic E-state index is 0.0233. The van der Waals surface area contributed by atoms with E-state index in [4.69, 9.17) is 0 Å². The normalized spacial score (nSPS) is 21.9. The number of benzene rings is 2. The molecule has 190 valence electrons. The highest BCUT2D eigenvalue weighted by atomic mass is 16.3. The Kier molecular flexibility index (Phi) is 7.54. The number of carbonyl (C=O) groups is 1. The molecule has 2 aliphatic rings. The molecule has 6 nitrogen and oxygen atoms in total. The molecule has 2 fully saturated rings. The van der Waals surface area contributed by atoms with Crippen LogP contribution in [0.2, 0.25) is 0 Å². The van der Waals surface area contributed by atoms with Crippen LogP contribution >= 0.6 is 0 Å². The van der Waals surface area contributed by atoms with E-state index in [1.165, 1.54) is 22.3 Å². The van der Waals surface area contributed by atoms with Gasteiger partial charge in [-0.05, 0) is 69.1 Å². The fraction of sp³-hybridized carbons (Fsp3) is 0.467. The molecule has 6 heteroatoms. The Labute approximate surface area is 214 Å². The van der Waals surface area contributed by atoms with Crippen LogP contribution in [0.4, 0.5) is 0 Å². The lowest BCUT2D eigenvalue weighted by Crippen LogP contribution is -2.49. The van der Waals surface area contributed by atoms with E-state index in [-0.39, 0.29) is 18.1 Å². The van der Waals surface area contributed by atoms with Gasteiger partial charge in [0.1, 0.15) is 5.69 Å². The summed E-state index contributed by atoms with van der Waals surface area (Å²) in [6.45, 7) is 5.75. The third-order valence-corrected chi connectivity index (χ3v) is 8.03. The number of amides is 1. The molecule has 3 aromatic rings. The summed E-state index contributed by atoms with van der Waals surface area (Å²) in [6, 6.07) is 17.9. The van der Waals surface area contributed by atoms with Crippen molar-refractivity contribution in [1.82, 2.24) is 19.8 Å². The van der Waals surface area contributed by atoms with Gasteiger partial charge in [0.2, 0.25) is 0 Å². The lowest BCUT2D eigenvalue weighted by Gasteiger charge is -2.36. The van der Waals surface area contributed by atoms with Gasteiger partial charge in [-0.1, -0.05) is 54.1 Å². The standard InChI is InChI=1S/C30H38N4O2/c1-21-7-9-23(10-8-21)28-6-4-3-5-27(28)22(2)34-20-31-19-29(34)30(36)33-17-15-25(16-18-33)32-24-11-13-26(35)14-12-24/h3-10,19-20,22,24-26,32,35H,11-18H2,1-2H3/t22-,24?,26?/m0/s1. The Hall–Kier alpha value is -2.96. The predicted octanol–water partition coefficient (Wildman–Crippen LogP) is 4.97. The van der Waals surface area contributed by atoms with E-state index < -0.39 is 0 Å². The Morgan fingerprint density at radius 3 is 2.36 bits per heavy atom. The van der Waals surface area contributed by atoms with Crippen LogP contribution in [0.15, 0.2) is 61.1 Å². The zero-order valence-electron chi connectivity index (χ0n) is 21.4. The zero-order chi connectivity index (χ0) is 25.1. The Morgan fingerprint density at radius 2 is 1.64 bits per heavy atom. The van der Waals surface area contributed by atoms with Crippen molar-refractivity contribution >= 4 is 5.91 Å². The quantitative estimate of drug-likeness (QED) is 0.516. The molecule has 1 amide bonds. The largest absolute Gasteiger partial charge is 0.393 e. The molecule has 5 rings (SSSR count). The summed E-state index contributed by atoms with van der Waals surface area (Å²) >= 11 is 0. The molecule has 0 radical (unpaired) electrons. The Bertz CT molecular complexity index is 1160. The van der Waals surface area contributed by atoms with Gasteiger partial charge in [-0.15, -0.1) is 0 Å². The van der Waals surface area contributed by atoms with Gasteiger partial charge >= 0.3 is 0 Å². The number of rotatable bonds is 6. The molecule has 0 spiro atoms. The molecule has 1 saturated heterocycles. The summed E-state index contributed by atoms with van der Waals surface area (Å²) in [7, 11) is 0. The van der Waals surface area contributed by atoms with Gasteiger partial charge in [0.25, 0.3) is 5.91 Å². The van der Waals surface area contributed by atoms with E-state index >= 15 is 0 Å². The maximum absolute atomic E-state index is 13.6. The van der Waals surface area contributed by atoms with Gasteiger partial charge in [-0.25, -0.2) is 4.98 Å². The molecule has 0 unspecified atom stereocenters. The van der Waals surface area contributed by atoms with Crippen molar-refractivity contribution in [3.63, 3.8) is 0 Å². The summed E-state index contributed by atoms with van der Waals surface area (Å²) in [6.07, 6.45) is 9.17.